The van der Waals surface area contributed by atoms with Crippen molar-refractivity contribution in [1.29, 1.82) is 0 Å². The first-order valence-corrected chi connectivity index (χ1v) is 7.94. The molecule has 1 atom stereocenters. The van der Waals surface area contributed by atoms with Gasteiger partial charge in [0, 0.05) is 24.8 Å². The number of piperidine rings is 1. The first kappa shape index (κ1) is 16.0. The Labute approximate surface area is 128 Å². The number of aromatic nitrogens is 2. The molecule has 1 N–H and O–H groups in total. The molecule has 1 aromatic heterocycles. The smallest absolute Gasteiger partial charge is 0.228 e. The summed E-state index contributed by atoms with van der Waals surface area (Å²) in [5, 5.41) is 3.57. The van der Waals surface area contributed by atoms with Gasteiger partial charge in [-0.2, -0.15) is 4.98 Å². The average Bonchev–Trinajstić information content (AvgIpc) is 2.46. The highest BCUT2D eigenvalue weighted by Gasteiger charge is 2.22. The minimum Gasteiger partial charge on any atom is -0.481 e. The van der Waals surface area contributed by atoms with Crippen LogP contribution in [0.4, 0.5) is 5.95 Å². The summed E-state index contributed by atoms with van der Waals surface area (Å²) in [6, 6.07) is 1.87. The molecule has 118 valence electrons. The van der Waals surface area contributed by atoms with Crippen LogP contribution in [0.25, 0.3) is 0 Å². The lowest BCUT2D eigenvalue weighted by atomic mass is 9.98. The maximum absolute atomic E-state index is 5.25. The Kier molecular flexibility index (Phi) is 5.79. The fourth-order valence-corrected chi connectivity index (χ4v) is 2.76. The molecule has 0 aromatic carbocycles. The van der Waals surface area contributed by atoms with Gasteiger partial charge in [0.15, 0.2) is 0 Å². The standard InChI is InChI=1S/C16H28N4O/c1-12(2)9-17-10-14-6-5-7-20(11-14)16-18-13(3)8-15(19-16)21-4/h8,12,14,17H,5-7,9-11H2,1-4H3. The first-order valence-electron chi connectivity index (χ1n) is 7.94. The Bertz CT molecular complexity index is 450. The Morgan fingerprint density at radius 1 is 1.43 bits per heavy atom. The lowest BCUT2D eigenvalue weighted by Gasteiger charge is -2.33. The van der Waals surface area contributed by atoms with Gasteiger partial charge in [-0.15, -0.1) is 0 Å². The number of anilines is 1. The van der Waals surface area contributed by atoms with Crippen molar-refractivity contribution >= 4 is 5.95 Å². The molecule has 1 aliphatic heterocycles. The second kappa shape index (κ2) is 7.59. The van der Waals surface area contributed by atoms with Crippen LogP contribution in [0.3, 0.4) is 0 Å². The van der Waals surface area contributed by atoms with E-state index in [2.05, 4.69) is 34.0 Å². The second-order valence-electron chi connectivity index (χ2n) is 6.36. The van der Waals surface area contributed by atoms with E-state index in [1.807, 2.05) is 13.0 Å². The topological polar surface area (TPSA) is 50.3 Å². The molecule has 0 saturated carbocycles. The second-order valence-corrected chi connectivity index (χ2v) is 6.36. The zero-order chi connectivity index (χ0) is 15.2. The van der Waals surface area contributed by atoms with Gasteiger partial charge >= 0.3 is 0 Å². The van der Waals surface area contributed by atoms with Crippen molar-refractivity contribution in [2.75, 3.05) is 38.2 Å². The van der Waals surface area contributed by atoms with Crippen molar-refractivity contribution in [2.45, 2.75) is 33.6 Å². The highest BCUT2D eigenvalue weighted by Crippen LogP contribution is 2.22. The quantitative estimate of drug-likeness (QED) is 0.871. The third-order valence-electron chi connectivity index (χ3n) is 3.82. The predicted octanol–water partition coefficient (Wildman–Crippen LogP) is 2.26. The molecule has 1 fully saturated rings. The molecule has 5 nitrogen and oxygen atoms in total. The Hall–Kier alpha value is -1.36. The Morgan fingerprint density at radius 3 is 2.95 bits per heavy atom. The van der Waals surface area contributed by atoms with Crippen molar-refractivity contribution < 1.29 is 4.74 Å². The third kappa shape index (κ3) is 4.84. The molecule has 2 heterocycles. The van der Waals surface area contributed by atoms with Crippen LogP contribution < -0.4 is 15.0 Å². The largest absolute Gasteiger partial charge is 0.481 e. The third-order valence-corrected chi connectivity index (χ3v) is 3.82. The van der Waals surface area contributed by atoms with Crippen molar-refractivity contribution in [2.24, 2.45) is 11.8 Å². The van der Waals surface area contributed by atoms with E-state index >= 15 is 0 Å². The van der Waals surface area contributed by atoms with Crippen LogP contribution in [-0.2, 0) is 0 Å². The van der Waals surface area contributed by atoms with Gasteiger partial charge in [-0.05, 0) is 44.7 Å². The average molecular weight is 292 g/mol. The normalized spacial score (nSPS) is 19.1. The van der Waals surface area contributed by atoms with E-state index in [0.29, 0.717) is 17.7 Å². The van der Waals surface area contributed by atoms with E-state index in [4.69, 9.17) is 4.74 Å². The van der Waals surface area contributed by atoms with Gasteiger partial charge in [0.2, 0.25) is 11.8 Å². The monoisotopic (exact) mass is 292 g/mol. The fourth-order valence-electron chi connectivity index (χ4n) is 2.76. The lowest BCUT2D eigenvalue weighted by molar-refractivity contribution is 0.374. The number of methoxy groups -OCH3 is 1. The van der Waals surface area contributed by atoms with E-state index in [9.17, 15) is 0 Å². The van der Waals surface area contributed by atoms with Crippen LogP contribution in [0, 0.1) is 18.8 Å². The van der Waals surface area contributed by atoms with Crippen molar-refractivity contribution in [3.63, 3.8) is 0 Å². The summed E-state index contributed by atoms with van der Waals surface area (Å²) in [6.45, 7) is 10.7. The summed E-state index contributed by atoms with van der Waals surface area (Å²) in [5.74, 6) is 2.83. The van der Waals surface area contributed by atoms with Crippen LogP contribution in [0.2, 0.25) is 0 Å². The number of ether oxygens (including phenoxy) is 1. The molecule has 21 heavy (non-hydrogen) atoms. The van der Waals surface area contributed by atoms with Gasteiger partial charge in [-0.25, -0.2) is 4.98 Å². The van der Waals surface area contributed by atoms with E-state index in [1.165, 1.54) is 12.8 Å². The van der Waals surface area contributed by atoms with Gasteiger partial charge in [0.25, 0.3) is 0 Å². The predicted molar refractivity (Wildman–Crippen MR) is 86.0 cm³/mol. The van der Waals surface area contributed by atoms with Crippen molar-refractivity contribution in [1.82, 2.24) is 15.3 Å². The molecule has 0 aliphatic carbocycles. The molecule has 5 heteroatoms. The number of nitrogens with zero attached hydrogens (tertiary/aromatic N) is 3. The highest BCUT2D eigenvalue weighted by molar-refractivity contribution is 5.35. The molecule has 0 bridgehead atoms. The number of hydrogen-bond donors (Lipinski definition) is 1. The van der Waals surface area contributed by atoms with Gasteiger partial charge in [-0.3, -0.25) is 0 Å². The SMILES string of the molecule is COc1cc(C)nc(N2CCCC(CNCC(C)C)C2)n1. The van der Waals surface area contributed by atoms with Gasteiger partial charge in [-0.1, -0.05) is 13.8 Å². The summed E-state index contributed by atoms with van der Waals surface area (Å²) < 4.78 is 5.25. The maximum Gasteiger partial charge on any atom is 0.228 e. The summed E-state index contributed by atoms with van der Waals surface area (Å²) >= 11 is 0. The molecule has 0 radical (unpaired) electrons. The number of aryl methyl sites for hydroxylation is 1. The van der Waals surface area contributed by atoms with Crippen LogP contribution in [0.1, 0.15) is 32.4 Å². The number of hydrogen-bond acceptors (Lipinski definition) is 5. The van der Waals surface area contributed by atoms with Crippen LogP contribution in [0.5, 0.6) is 5.88 Å². The van der Waals surface area contributed by atoms with E-state index in [1.54, 1.807) is 7.11 Å². The molecule has 0 spiro atoms. The van der Waals surface area contributed by atoms with Crippen LogP contribution in [-0.4, -0.2) is 43.3 Å². The molecule has 1 saturated heterocycles. The van der Waals surface area contributed by atoms with E-state index < -0.39 is 0 Å². The summed E-state index contributed by atoms with van der Waals surface area (Å²) in [4.78, 5) is 11.3. The Morgan fingerprint density at radius 2 is 2.24 bits per heavy atom. The number of rotatable bonds is 6. The molecular formula is C16H28N4O. The minimum absolute atomic E-state index is 0.651. The summed E-state index contributed by atoms with van der Waals surface area (Å²) in [6.07, 6.45) is 2.48. The zero-order valence-corrected chi connectivity index (χ0v) is 13.7. The number of nitrogens with one attached hydrogen (secondary N) is 1. The van der Waals surface area contributed by atoms with Crippen LogP contribution >= 0.6 is 0 Å². The van der Waals surface area contributed by atoms with E-state index in [-0.39, 0.29) is 0 Å². The molecule has 1 unspecified atom stereocenters. The molecule has 1 aromatic rings. The zero-order valence-electron chi connectivity index (χ0n) is 13.7. The summed E-state index contributed by atoms with van der Waals surface area (Å²) in [5.41, 5.74) is 0.955. The summed E-state index contributed by atoms with van der Waals surface area (Å²) in [7, 11) is 1.65. The minimum atomic E-state index is 0.651. The molecule has 2 rings (SSSR count). The fraction of sp³-hybridized carbons (Fsp3) is 0.750. The molecular weight excluding hydrogens is 264 g/mol. The molecule has 1 aliphatic rings. The molecule has 0 amide bonds. The van der Waals surface area contributed by atoms with Gasteiger partial charge < -0.3 is 15.0 Å². The Balaban J connectivity index is 1.95. The highest BCUT2D eigenvalue weighted by atomic mass is 16.5. The first-order chi connectivity index (χ1) is 10.1. The van der Waals surface area contributed by atoms with E-state index in [0.717, 1.165) is 37.8 Å². The van der Waals surface area contributed by atoms with Gasteiger partial charge in [0.05, 0.1) is 7.11 Å². The van der Waals surface area contributed by atoms with Gasteiger partial charge in [0.1, 0.15) is 0 Å². The van der Waals surface area contributed by atoms with Crippen molar-refractivity contribution in [3.8, 4) is 5.88 Å². The lowest BCUT2D eigenvalue weighted by Crippen LogP contribution is -2.41. The maximum atomic E-state index is 5.25. The van der Waals surface area contributed by atoms with Crippen molar-refractivity contribution in [3.05, 3.63) is 11.8 Å². The van der Waals surface area contributed by atoms with Crippen LogP contribution in [0.15, 0.2) is 6.07 Å².